The molecule has 0 amide bonds. The molecular formula is C32H54N2. The molecule has 0 spiro atoms. The molecule has 0 bridgehead atoms. The maximum atomic E-state index is 5.22. The molecule has 4 aliphatic rings. The minimum atomic E-state index is 0.385. The number of hydrogen-bond donors (Lipinski definition) is 1. The first-order chi connectivity index (χ1) is 16.2. The van der Waals surface area contributed by atoms with Crippen LogP contribution in [-0.4, -0.2) is 24.8 Å². The molecule has 1 N–H and O–H groups in total. The topological polar surface area (TPSA) is 24.4 Å². The van der Waals surface area contributed by atoms with Crippen molar-refractivity contribution in [1.29, 1.82) is 0 Å². The van der Waals surface area contributed by atoms with E-state index >= 15 is 0 Å². The molecule has 0 aromatic carbocycles. The highest BCUT2D eigenvalue weighted by atomic mass is 15.0. The molecule has 4 fully saturated rings. The Morgan fingerprint density at radius 2 is 1.88 bits per heavy atom. The van der Waals surface area contributed by atoms with Crippen LogP contribution in [0.5, 0.6) is 0 Å². The molecule has 0 aromatic rings. The molecule has 1 aliphatic heterocycles. The number of rotatable bonds is 8. The number of aliphatic imine (C=N–C) groups is 1. The van der Waals surface area contributed by atoms with Crippen molar-refractivity contribution in [3.63, 3.8) is 0 Å². The summed E-state index contributed by atoms with van der Waals surface area (Å²) in [6.07, 6.45) is 19.2. The molecular weight excluding hydrogens is 412 g/mol. The van der Waals surface area contributed by atoms with E-state index in [1.165, 1.54) is 82.9 Å². The molecule has 3 aliphatic carbocycles. The van der Waals surface area contributed by atoms with Crippen molar-refractivity contribution in [1.82, 2.24) is 5.32 Å². The van der Waals surface area contributed by atoms with Gasteiger partial charge in [-0.25, -0.2) is 0 Å². The first kappa shape index (κ1) is 26.2. The molecule has 34 heavy (non-hydrogen) atoms. The second kappa shape index (κ2) is 10.2. The van der Waals surface area contributed by atoms with Gasteiger partial charge in [0.05, 0.1) is 0 Å². The Balaban J connectivity index is 1.42. The van der Waals surface area contributed by atoms with Crippen LogP contribution in [0.25, 0.3) is 0 Å². The molecule has 4 rings (SSSR count). The van der Waals surface area contributed by atoms with E-state index in [1.807, 2.05) is 6.08 Å². The smallest absolute Gasteiger partial charge is 0.0389 e. The van der Waals surface area contributed by atoms with Gasteiger partial charge in [-0.05, 0) is 112 Å². The van der Waals surface area contributed by atoms with Gasteiger partial charge in [0, 0.05) is 24.2 Å². The second-order valence-corrected chi connectivity index (χ2v) is 13.6. The van der Waals surface area contributed by atoms with Gasteiger partial charge in [-0.1, -0.05) is 65.3 Å². The van der Waals surface area contributed by atoms with Gasteiger partial charge in [-0.2, -0.15) is 0 Å². The van der Waals surface area contributed by atoms with Gasteiger partial charge < -0.3 is 5.32 Å². The third-order valence-electron chi connectivity index (χ3n) is 11.4. The number of nitrogens with zero attached hydrogens (tertiary/aromatic N) is 1. The Morgan fingerprint density at radius 3 is 2.56 bits per heavy atom. The maximum absolute atomic E-state index is 5.22. The summed E-state index contributed by atoms with van der Waals surface area (Å²) >= 11 is 0. The average molecular weight is 467 g/mol. The molecule has 1 saturated heterocycles. The summed E-state index contributed by atoms with van der Waals surface area (Å²) in [7, 11) is 0. The SMILES string of the molecule is C=C/C=C1/CCC2C(CCC3(C)C(C(C)=NCCCC4NCCC4(C)C)CCC23)C1(C)CCC. The molecule has 0 radical (unpaired) electrons. The third-order valence-corrected chi connectivity index (χ3v) is 11.4. The van der Waals surface area contributed by atoms with Gasteiger partial charge in [-0.15, -0.1) is 0 Å². The zero-order valence-corrected chi connectivity index (χ0v) is 23.4. The van der Waals surface area contributed by atoms with Gasteiger partial charge in [0.15, 0.2) is 0 Å². The monoisotopic (exact) mass is 466 g/mol. The molecule has 7 atom stereocenters. The summed E-state index contributed by atoms with van der Waals surface area (Å²) in [6.45, 7) is 21.1. The number of hydrogen-bond acceptors (Lipinski definition) is 2. The predicted octanol–water partition coefficient (Wildman–Crippen LogP) is 8.39. The van der Waals surface area contributed by atoms with Crippen molar-refractivity contribution >= 4 is 5.71 Å². The van der Waals surface area contributed by atoms with E-state index in [2.05, 4.69) is 59.5 Å². The molecule has 1 heterocycles. The summed E-state index contributed by atoms with van der Waals surface area (Å²) in [5, 5.41) is 3.73. The van der Waals surface area contributed by atoms with Crippen LogP contribution < -0.4 is 5.32 Å². The molecule has 2 heteroatoms. The minimum Gasteiger partial charge on any atom is -0.313 e. The van der Waals surface area contributed by atoms with Gasteiger partial charge >= 0.3 is 0 Å². The zero-order valence-electron chi connectivity index (χ0n) is 23.4. The zero-order chi connectivity index (χ0) is 24.6. The Morgan fingerprint density at radius 1 is 1.09 bits per heavy atom. The first-order valence-electron chi connectivity index (χ1n) is 14.7. The summed E-state index contributed by atoms with van der Waals surface area (Å²) in [4.78, 5) is 5.22. The maximum Gasteiger partial charge on any atom is 0.0389 e. The molecule has 0 aromatic heterocycles. The average Bonchev–Trinajstić information content (AvgIpc) is 3.31. The highest BCUT2D eigenvalue weighted by Crippen LogP contribution is 2.66. The van der Waals surface area contributed by atoms with Crippen LogP contribution in [0, 0.1) is 39.9 Å². The van der Waals surface area contributed by atoms with Crippen molar-refractivity contribution in [3.8, 4) is 0 Å². The van der Waals surface area contributed by atoms with Crippen molar-refractivity contribution in [3.05, 3.63) is 24.3 Å². The van der Waals surface area contributed by atoms with Crippen molar-refractivity contribution in [2.24, 2.45) is 44.9 Å². The highest BCUT2D eigenvalue weighted by Gasteiger charge is 2.58. The quantitative estimate of drug-likeness (QED) is 0.282. The van der Waals surface area contributed by atoms with Gasteiger partial charge in [0.25, 0.3) is 0 Å². The van der Waals surface area contributed by atoms with E-state index in [1.54, 1.807) is 5.57 Å². The Hall–Kier alpha value is -0.890. The standard InChI is InChI=1S/C32H54N2/c1-8-11-24-13-14-25-27-16-15-26(32(27,7)19-17-28(25)31(24,6)18-9-2)23(3)33-21-10-12-29-30(4,5)20-22-34-29/h8,11,25-29,34H,1,9-10,12-22H2,2-7H3/b24-11-,33-23?. The largest absolute Gasteiger partial charge is 0.313 e. The van der Waals surface area contributed by atoms with Gasteiger partial charge in [-0.3, -0.25) is 4.99 Å². The van der Waals surface area contributed by atoms with Crippen LogP contribution in [0.15, 0.2) is 29.3 Å². The van der Waals surface area contributed by atoms with Crippen LogP contribution in [0.4, 0.5) is 0 Å². The van der Waals surface area contributed by atoms with Crippen molar-refractivity contribution < 1.29 is 0 Å². The summed E-state index contributed by atoms with van der Waals surface area (Å²) in [6, 6.07) is 0.676. The van der Waals surface area contributed by atoms with Gasteiger partial charge in [0.1, 0.15) is 0 Å². The summed E-state index contributed by atoms with van der Waals surface area (Å²) in [5.74, 6) is 3.38. The third kappa shape index (κ3) is 4.62. The van der Waals surface area contributed by atoms with E-state index in [0.29, 0.717) is 28.2 Å². The fraction of sp³-hybridized carbons (Fsp3) is 0.844. The summed E-state index contributed by atoms with van der Waals surface area (Å²) < 4.78 is 0. The minimum absolute atomic E-state index is 0.385. The van der Waals surface area contributed by atoms with E-state index < -0.39 is 0 Å². The molecule has 2 nitrogen and oxygen atoms in total. The van der Waals surface area contributed by atoms with E-state index in [4.69, 9.17) is 4.99 Å². The Labute approximate surface area is 211 Å². The van der Waals surface area contributed by atoms with Crippen molar-refractivity contribution in [2.45, 2.75) is 118 Å². The van der Waals surface area contributed by atoms with E-state index in [9.17, 15) is 0 Å². The number of nitrogens with one attached hydrogen (secondary N) is 1. The summed E-state index contributed by atoms with van der Waals surface area (Å²) in [5.41, 5.74) is 4.48. The van der Waals surface area contributed by atoms with Crippen molar-refractivity contribution in [2.75, 3.05) is 13.1 Å². The molecule has 192 valence electrons. The Bertz CT molecular complexity index is 791. The van der Waals surface area contributed by atoms with Crippen LogP contribution >= 0.6 is 0 Å². The van der Waals surface area contributed by atoms with Gasteiger partial charge in [0.2, 0.25) is 0 Å². The van der Waals surface area contributed by atoms with E-state index in [0.717, 1.165) is 24.3 Å². The van der Waals surface area contributed by atoms with Crippen LogP contribution in [0.1, 0.15) is 112 Å². The Kier molecular flexibility index (Phi) is 7.88. The predicted molar refractivity (Wildman–Crippen MR) is 148 cm³/mol. The van der Waals surface area contributed by atoms with Crippen LogP contribution in [-0.2, 0) is 0 Å². The lowest BCUT2D eigenvalue weighted by molar-refractivity contribution is -0.0408. The lowest BCUT2D eigenvalue weighted by Crippen LogP contribution is -2.50. The highest BCUT2D eigenvalue weighted by molar-refractivity contribution is 5.85. The fourth-order valence-electron chi connectivity index (χ4n) is 9.47. The lowest BCUT2D eigenvalue weighted by Gasteiger charge is -2.57. The second-order valence-electron chi connectivity index (χ2n) is 13.6. The van der Waals surface area contributed by atoms with E-state index in [-0.39, 0.29) is 0 Å². The fourth-order valence-corrected chi connectivity index (χ4v) is 9.47. The number of allylic oxidation sites excluding steroid dienone is 3. The van der Waals surface area contributed by atoms with Crippen LogP contribution in [0.3, 0.4) is 0 Å². The number of fused-ring (bicyclic) bond motifs is 3. The first-order valence-corrected chi connectivity index (χ1v) is 14.7. The van der Waals surface area contributed by atoms with Crippen LogP contribution in [0.2, 0.25) is 0 Å². The molecule has 7 unspecified atom stereocenters. The molecule has 3 saturated carbocycles. The normalized spacial score (nSPS) is 43.1. The lowest BCUT2D eigenvalue weighted by atomic mass is 9.47.